The van der Waals surface area contributed by atoms with Gasteiger partial charge in [0.25, 0.3) is 11.8 Å². The zero-order chi connectivity index (χ0) is 20.2. The smallest absolute Gasteiger partial charge is 0.256 e. The van der Waals surface area contributed by atoms with Crippen LogP contribution >= 0.6 is 11.3 Å². The maximum Gasteiger partial charge on any atom is 0.256 e. The van der Waals surface area contributed by atoms with Gasteiger partial charge in [0.2, 0.25) is 0 Å². The van der Waals surface area contributed by atoms with Crippen LogP contribution in [0.1, 0.15) is 44.0 Å². The molecule has 0 atom stereocenters. The average Bonchev–Trinajstić information content (AvgIpc) is 3.19. The molecular weight excluding hydrogens is 384 g/mol. The maximum atomic E-state index is 12.7. The van der Waals surface area contributed by atoms with Crippen molar-refractivity contribution in [2.45, 2.75) is 25.7 Å². The fourth-order valence-corrected chi connectivity index (χ4v) is 4.59. The van der Waals surface area contributed by atoms with Crippen molar-refractivity contribution in [3.8, 4) is 5.75 Å². The van der Waals surface area contributed by atoms with E-state index in [9.17, 15) is 9.59 Å². The summed E-state index contributed by atoms with van der Waals surface area (Å²) in [6, 6.07) is 14.1. The minimum Gasteiger partial charge on any atom is -0.497 e. The molecule has 1 aliphatic rings. The van der Waals surface area contributed by atoms with Gasteiger partial charge in [0.1, 0.15) is 5.75 Å². The van der Waals surface area contributed by atoms with Gasteiger partial charge in [-0.1, -0.05) is 0 Å². The Balaban J connectivity index is 1.40. The lowest BCUT2D eigenvalue weighted by Crippen LogP contribution is -2.15. The molecule has 0 saturated carbocycles. The van der Waals surface area contributed by atoms with Crippen molar-refractivity contribution in [3.05, 3.63) is 75.5 Å². The van der Waals surface area contributed by atoms with Gasteiger partial charge in [-0.25, -0.2) is 0 Å². The number of carbonyl (C=O) groups excluding carboxylic acids is 2. The Kier molecular flexibility index (Phi) is 5.62. The molecule has 0 saturated heterocycles. The van der Waals surface area contributed by atoms with E-state index in [0.29, 0.717) is 16.9 Å². The lowest BCUT2D eigenvalue weighted by atomic mass is 9.95. The van der Waals surface area contributed by atoms with Crippen molar-refractivity contribution in [1.29, 1.82) is 0 Å². The summed E-state index contributed by atoms with van der Waals surface area (Å²) in [6.45, 7) is 0. The highest BCUT2D eigenvalue weighted by atomic mass is 32.1. The van der Waals surface area contributed by atoms with E-state index in [1.807, 2.05) is 5.38 Å². The van der Waals surface area contributed by atoms with Crippen LogP contribution in [0.4, 0.5) is 11.4 Å². The van der Waals surface area contributed by atoms with Gasteiger partial charge in [0.05, 0.1) is 12.7 Å². The molecule has 3 aromatic rings. The summed E-state index contributed by atoms with van der Waals surface area (Å²) in [5, 5.41) is 7.75. The van der Waals surface area contributed by atoms with Gasteiger partial charge in [-0.2, -0.15) is 0 Å². The first-order valence-corrected chi connectivity index (χ1v) is 10.5. The van der Waals surface area contributed by atoms with E-state index in [0.717, 1.165) is 30.6 Å². The molecule has 1 heterocycles. The highest BCUT2D eigenvalue weighted by Gasteiger charge is 2.20. The zero-order valence-electron chi connectivity index (χ0n) is 16.2. The SMILES string of the molecule is COc1ccc(NC(=O)c2ccc(NC(=O)c3csc4c3CCCC4)cc2)cc1. The van der Waals surface area contributed by atoms with Crippen LogP contribution in [0.2, 0.25) is 0 Å². The number of hydrogen-bond donors (Lipinski definition) is 2. The Morgan fingerprint density at radius 2 is 1.48 bits per heavy atom. The molecule has 29 heavy (non-hydrogen) atoms. The van der Waals surface area contributed by atoms with Crippen LogP contribution < -0.4 is 15.4 Å². The topological polar surface area (TPSA) is 67.4 Å². The third-order valence-electron chi connectivity index (χ3n) is 5.06. The summed E-state index contributed by atoms with van der Waals surface area (Å²) < 4.78 is 5.11. The molecular formula is C23H22N2O3S. The van der Waals surface area contributed by atoms with Crippen LogP contribution in [0, 0.1) is 0 Å². The largest absolute Gasteiger partial charge is 0.497 e. The average molecular weight is 407 g/mol. The van der Waals surface area contributed by atoms with Gasteiger partial charge in [-0.15, -0.1) is 11.3 Å². The number of aryl methyl sites for hydroxylation is 1. The Bertz CT molecular complexity index is 1020. The molecule has 6 heteroatoms. The predicted molar refractivity (Wildman–Crippen MR) is 116 cm³/mol. The monoisotopic (exact) mass is 406 g/mol. The number of fused-ring (bicyclic) bond motifs is 1. The number of benzene rings is 2. The summed E-state index contributed by atoms with van der Waals surface area (Å²) in [6.07, 6.45) is 4.40. The summed E-state index contributed by atoms with van der Waals surface area (Å²) >= 11 is 1.68. The molecule has 0 fully saturated rings. The Hall–Kier alpha value is -3.12. The van der Waals surface area contributed by atoms with Gasteiger partial charge >= 0.3 is 0 Å². The lowest BCUT2D eigenvalue weighted by Gasteiger charge is -2.13. The van der Waals surface area contributed by atoms with Gasteiger partial charge in [0, 0.05) is 27.2 Å². The fourth-order valence-electron chi connectivity index (χ4n) is 3.47. The second kappa shape index (κ2) is 8.49. The van der Waals surface area contributed by atoms with Gasteiger partial charge in [-0.3, -0.25) is 9.59 Å². The molecule has 2 amide bonds. The fraction of sp³-hybridized carbons (Fsp3) is 0.217. The number of anilines is 2. The molecule has 1 aromatic heterocycles. The summed E-state index contributed by atoms with van der Waals surface area (Å²) in [4.78, 5) is 26.4. The van der Waals surface area contributed by atoms with Crippen molar-refractivity contribution in [3.63, 3.8) is 0 Å². The van der Waals surface area contributed by atoms with E-state index < -0.39 is 0 Å². The van der Waals surface area contributed by atoms with Gasteiger partial charge in [0.15, 0.2) is 0 Å². The summed E-state index contributed by atoms with van der Waals surface area (Å²) in [5.74, 6) is 0.440. The van der Waals surface area contributed by atoms with Crippen molar-refractivity contribution < 1.29 is 14.3 Å². The minimum absolute atomic E-state index is 0.0835. The highest BCUT2D eigenvalue weighted by molar-refractivity contribution is 7.10. The molecule has 5 nitrogen and oxygen atoms in total. The molecule has 0 aliphatic heterocycles. The van der Waals surface area contributed by atoms with E-state index in [2.05, 4.69) is 10.6 Å². The molecule has 2 N–H and O–H groups in total. The Morgan fingerprint density at radius 1 is 0.862 bits per heavy atom. The van der Waals surface area contributed by atoms with Crippen LogP contribution in [-0.4, -0.2) is 18.9 Å². The number of methoxy groups -OCH3 is 1. The number of rotatable bonds is 5. The van der Waals surface area contributed by atoms with E-state index in [-0.39, 0.29) is 11.8 Å². The van der Waals surface area contributed by atoms with Gasteiger partial charge in [-0.05, 0) is 79.8 Å². The number of ether oxygens (including phenoxy) is 1. The minimum atomic E-state index is -0.208. The van der Waals surface area contributed by atoms with E-state index in [4.69, 9.17) is 4.74 Å². The Morgan fingerprint density at radius 3 is 2.17 bits per heavy atom. The second-order valence-electron chi connectivity index (χ2n) is 6.97. The molecule has 0 bridgehead atoms. The molecule has 1 aliphatic carbocycles. The van der Waals surface area contributed by atoms with Crippen molar-refractivity contribution in [1.82, 2.24) is 0 Å². The molecule has 0 radical (unpaired) electrons. The number of amides is 2. The molecule has 4 rings (SSSR count). The number of nitrogens with one attached hydrogen (secondary N) is 2. The van der Waals surface area contributed by atoms with E-state index in [1.54, 1.807) is 67.0 Å². The lowest BCUT2D eigenvalue weighted by molar-refractivity contribution is 0.101. The van der Waals surface area contributed by atoms with Crippen LogP contribution in [0.5, 0.6) is 5.75 Å². The van der Waals surface area contributed by atoms with E-state index in [1.165, 1.54) is 16.9 Å². The van der Waals surface area contributed by atoms with Crippen LogP contribution in [0.25, 0.3) is 0 Å². The first-order valence-electron chi connectivity index (χ1n) is 9.60. The maximum absolute atomic E-state index is 12.7. The van der Waals surface area contributed by atoms with Crippen molar-refractivity contribution in [2.24, 2.45) is 0 Å². The van der Waals surface area contributed by atoms with Crippen LogP contribution in [0.3, 0.4) is 0 Å². The number of thiophene rings is 1. The third-order valence-corrected chi connectivity index (χ3v) is 6.15. The normalized spacial score (nSPS) is 12.7. The van der Waals surface area contributed by atoms with Crippen molar-refractivity contribution in [2.75, 3.05) is 17.7 Å². The second-order valence-corrected chi connectivity index (χ2v) is 7.94. The zero-order valence-corrected chi connectivity index (χ0v) is 17.0. The van der Waals surface area contributed by atoms with Crippen molar-refractivity contribution >= 4 is 34.5 Å². The highest BCUT2D eigenvalue weighted by Crippen LogP contribution is 2.30. The summed E-state index contributed by atoms with van der Waals surface area (Å²) in [7, 11) is 1.60. The van der Waals surface area contributed by atoms with E-state index >= 15 is 0 Å². The number of carbonyl (C=O) groups is 2. The molecule has 148 valence electrons. The number of hydrogen-bond acceptors (Lipinski definition) is 4. The molecule has 0 spiro atoms. The molecule has 0 unspecified atom stereocenters. The Labute approximate surface area is 173 Å². The molecule has 2 aromatic carbocycles. The first-order chi connectivity index (χ1) is 14.1. The van der Waals surface area contributed by atoms with Crippen LogP contribution in [-0.2, 0) is 12.8 Å². The van der Waals surface area contributed by atoms with Gasteiger partial charge < -0.3 is 15.4 Å². The summed E-state index contributed by atoms with van der Waals surface area (Å²) in [5.41, 5.74) is 3.87. The predicted octanol–water partition coefficient (Wildman–Crippen LogP) is 5.14. The first kappa shape index (κ1) is 19.2. The quantitative estimate of drug-likeness (QED) is 0.616. The standard InChI is InChI=1S/C23H22N2O3S/c1-28-18-12-10-17(11-13-18)24-22(26)15-6-8-16(9-7-15)25-23(27)20-14-29-21-5-3-2-4-19(20)21/h6-14H,2-5H2,1H3,(H,24,26)(H,25,27). The third kappa shape index (κ3) is 4.32. The van der Waals surface area contributed by atoms with Crippen LogP contribution in [0.15, 0.2) is 53.9 Å².